The summed E-state index contributed by atoms with van der Waals surface area (Å²) in [5.74, 6) is 0.918. The van der Waals surface area contributed by atoms with Crippen LogP contribution < -0.4 is 15.5 Å². The lowest BCUT2D eigenvalue weighted by molar-refractivity contribution is -0.121. The molecule has 2 atom stereocenters. The van der Waals surface area contributed by atoms with Crippen molar-refractivity contribution in [2.45, 2.75) is 31.7 Å². The molecular formula is C17H27Cl2N3O. The third-order valence-corrected chi connectivity index (χ3v) is 4.62. The van der Waals surface area contributed by atoms with Crippen molar-refractivity contribution in [3.05, 3.63) is 30.3 Å². The maximum atomic E-state index is 12.0. The fraction of sp³-hybridized carbons (Fsp3) is 0.588. The highest BCUT2D eigenvalue weighted by atomic mass is 35.5. The van der Waals surface area contributed by atoms with Crippen LogP contribution in [-0.4, -0.2) is 38.1 Å². The van der Waals surface area contributed by atoms with Gasteiger partial charge in [-0.1, -0.05) is 18.2 Å². The number of rotatable bonds is 5. The second-order valence-electron chi connectivity index (χ2n) is 6.23. The maximum absolute atomic E-state index is 12.0. The molecule has 2 heterocycles. The van der Waals surface area contributed by atoms with E-state index in [1.807, 2.05) is 6.07 Å². The number of hydrogen-bond donors (Lipinski definition) is 2. The van der Waals surface area contributed by atoms with Crippen LogP contribution in [0.2, 0.25) is 0 Å². The number of halogens is 2. The Labute approximate surface area is 151 Å². The molecule has 0 saturated carbocycles. The summed E-state index contributed by atoms with van der Waals surface area (Å²) in [5, 5.41) is 6.56. The van der Waals surface area contributed by atoms with Crippen molar-refractivity contribution in [2.75, 3.05) is 31.1 Å². The summed E-state index contributed by atoms with van der Waals surface area (Å²) < 4.78 is 0. The molecule has 6 heteroatoms. The van der Waals surface area contributed by atoms with E-state index in [4.69, 9.17) is 0 Å². The maximum Gasteiger partial charge on any atom is 0.220 e. The Bertz CT molecular complexity index is 466. The molecule has 1 aromatic rings. The molecule has 0 radical (unpaired) electrons. The summed E-state index contributed by atoms with van der Waals surface area (Å²) in [6, 6.07) is 10.7. The van der Waals surface area contributed by atoms with Gasteiger partial charge in [0.05, 0.1) is 0 Å². The van der Waals surface area contributed by atoms with Crippen LogP contribution in [0.15, 0.2) is 30.3 Å². The van der Waals surface area contributed by atoms with Crippen molar-refractivity contribution in [2.24, 2.45) is 5.92 Å². The number of carbonyl (C=O) groups excluding carboxylic acids is 1. The van der Waals surface area contributed by atoms with Crippen LogP contribution in [0.4, 0.5) is 5.69 Å². The summed E-state index contributed by atoms with van der Waals surface area (Å²) in [6.45, 7) is 4.15. The Hall–Kier alpha value is -0.970. The second-order valence-corrected chi connectivity index (χ2v) is 6.23. The first-order valence-corrected chi connectivity index (χ1v) is 8.11. The largest absolute Gasteiger partial charge is 0.369 e. The van der Waals surface area contributed by atoms with Gasteiger partial charge in [-0.3, -0.25) is 4.79 Å². The Balaban J connectivity index is 0.00000132. The lowest BCUT2D eigenvalue weighted by Gasteiger charge is -2.19. The van der Waals surface area contributed by atoms with Gasteiger partial charge in [0.1, 0.15) is 0 Å². The molecule has 130 valence electrons. The van der Waals surface area contributed by atoms with Crippen molar-refractivity contribution in [3.63, 3.8) is 0 Å². The number of para-hydroxylation sites is 1. The Morgan fingerprint density at radius 3 is 2.70 bits per heavy atom. The highest BCUT2D eigenvalue weighted by Gasteiger charge is 2.24. The van der Waals surface area contributed by atoms with Crippen molar-refractivity contribution >= 4 is 36.4 Å². The van der Waals surface area contributed by atoms with Crippen LogP contribution in [0.1, 0.15) is 25.7 Å². The Morgan fingerprint density at radius 2 is 2.00 bits per heavy atom. The average molecular weight is 360 g/mol. The molecule has 2 aliphatic rings. The lowest BCUT2D eigenvalue weighted by Crippen LogP contribution is -2.37. The van der Waals surface area contributed by atoms with E-state index in [-0.39, 0.29) is 30.7 Å². The molecule has 1 amide bonds. The van der Waals surface area contributed by atoms with Crippen LogP contribution >= 0.6 is 24.8 Å². The van der Waals surface area contributed by atoms with E-state index in [2.05, 4.69) is 39.8 Å². The summed E-state index contributed by atoms with van der Waals surface area (Å²) in [5.41, 5.74) is 1.26. The lowest BCUT2D eigenvalue weighted by atomic mass is 10.0. The van der Waals surface area contributed by atoms with Gasteiger partial charge in [-0.25, -0.2) is 0 Å². The zero-order chi connectivity index (χ0) is 14.5. The number of carbonyl (C=O) groups is 1. The normalized spacial score (nSPS) is 23.0. The van der Waals surface area contributed by atoms with Gasteiger partial charge in [0.25, 0.3) is 0 Å². The van der Waals surface area contributed by atoms with Gasteiger partial charge in [0, 0.05) is 31.2 Å². The van der Waals surface area contributed by atoms with Gasteiger partial charge in [0.15, 0.2) is 0 Å². The van der Waals surface area contributed by atoms with E-state index in [1.165, 1.54) is 12.1 Å². The molecule has 2 unspecified atom stereocenters. The first-order valence-electron chi connectivity index (χ1n) is 8.11. The predicted octanol–water partition coefficient (Wildman–Crippen LogP) is 2.61. The fourth-order valence-corrected chi connectivity index (χ4v) is 3.35. The Morgan fingerprint density at radius 1 is 1.22 bits per heavy atom. The van der Waals surface area contributed by atoms with Crippen LogP contribution in [0.3, 0.4) is 0 Å². The fourth-order valence-electron chi connectivity index (χ4n) is 3.35. The second kappa shape index (κ2) is 10.0. The molecule has 1 aromatic carbocycles. The zero-order valence-electron chi connectivity index (χ0n) is 13.4. The SMILES string of the molecule is Cl.Cl.O=C(CCC1CCNC1)NC1CCN(c2ccccc2)C1. The van der Waals surface area contributed by atoms with Crippen LogP contribution in [0, 0.1) is 5.92 Å². The number of hydrogen-bond acceptors (Lipinski definition) is 3. The standard InChI is InChI=1S/C17H25N3O.2ClH/c21-17(7-6-14-8-10-18-12-14)19-15-9-11-20(13-15)16-4-2-1-3-5-16;;/h1-5,14-15,18H,6-13H2,(H,19,21);2*1H. The summed E-state index contributed by atoms with van der Waals surface area (Å²) in [6.07, 6.45) is 3.96. The van der Waals surface area contributed by atoms with E-state index in [9.17, 15) is 4.79 Å². The molecule has 2 N–H and O–H groups in total. The number of amides is 1. The van der Waals surface area contributed by atoms with E-state index >= 15 is 0 Å². The first kappa shape index (κ1) is 20.1. The van der Waals surface area contributed by atoms with Crippen LogP contribution in [-0.2, 0) is 4.79 Å². The van der Waals surface area contributed by atoms with Crippen LogP contribution in [0.25, 0.3) is 0 Å². The quantitative estimate of drug-likeness (QED) is 0.849. The third kappa shape index (κ3) is 5.87. The minimum absolute atomic E-state index is 0. The van der Waals surface area contributed by atoms with E-state index in [0.29, 0.717) is 18.4 Å². The molecule has 0 bridgehead atoms. The molecule has 2 fully saturated rings. The van der Waals surface area contributed by atoms with Crippen molar-refractivity contribution in [3.8, 4) is 0 Å². The van der Waals surface area contributed by atoms with Gasteiger partial charge < -0.3 is 15.5 Å². The van der Waals surface area contributed by atoms with E-state index < -0.39 is 0 Å². The molecule has 3 rings (SSSR count). The topological polar surface area (TPSA) is 44.4 Å². The molecular weight excluding hydrogens is 333 g/mol. The van der Waals surface area contributed by atoms with Gasteiger partial charge in [-0.15, -0.1) is 24.8 Å². The number of anilines is 1. The molecule has 2 saturated heterocycles. The summed E-state index contributed by atoms with van der Waals surface area (Å²) in [4.78, 5) is 14.4. The molecule has 0 aliphatic carbocycles. The highest BCUT2D eigenvalue weighted by molar-refractivity contribution is 5.85. The smallest absolute Gasteiger partial charge is 0.220 e. The third-order valence-electron chi connectivity index (χ3n) is 4.62. The number of benzene rings is 1. The molecule has 0 spiro atoms. The minimum Gasteiger partial charge on any atom is -0.369 e. The van der Waals surface area contributed by atoms with Crippen molar-refractivity contribution in [1.82, 2.24) is 10.6 Å². The Kier molecular flexibility index (Phi) is 8.74. The van der Waals surface area contributed by atoms with Gasteiger partial charge in [-0.05, 0) is 50.4 Å². The minimum atomic E-state index is 0. The van der Waals surface area contributed by atoms with Gasteiger partial charge >= 0.3 is 0 Å². The zero-order valence-corrected chi connectivity index (χ0v) is 15.0. The predicted molar refractivity (Wildman–Crippen MR) is 99.9 cm³/mol. The summed E-state index contributed by atoms with van der Waals surface area (Å²) in [7, 11) is 0. The molecule has 2 aliphatic heterocycles. The first-order chi connectivity index (χ1) is 10.3. The molecule has 0 aromatic heterocycles. The van der Waals surface area contributed by atoms with Crippen LogP contribution in [0.5, 0.6) is 0 Å². The van der Waals surface area contributed by atoms with E-state index in [0.717, 1.165) is 39.0 Å². The highest BCUT2D eigenvalue weighted by Crippen LogP contribution is 2.20. The monoisotopic (exact) mass is 359 g/mol. The van der Waals surface area contributed by atoms with Gasteiger partial charge in [0.2, 0.25) is 5.91 Å². The van der Waals surface area contributed by atoms with Crippen molar-refractivity contribution in [1.29, 1.82) is 0 Å². The number of nitrogens with zero attached hydrogens (tertiary/aromatic N) is 1. The van der Waals surface area contributed by atoms with E-state index in [1.54, 1.807) is 0 Å². The van der Waals surface area contributed by atoms with Gasteiger partial charge in [-0.2, -0.15) is 0 Å². The average Bonchev–Trinajstić information content (AvgIpc) is 3.17. The van der Waals surface area contributed by atoms with Crippen molar-refractivity contribution < 1.29 is 4.79 Å². The summed E-state index contributed by atoms with van der Waals surface area (Å²) >= 11 is 0. The number of nitrogens with one attached hydrogen (secondary N) is 2. The molecule has 4 nitrogen and oxygen atoms in total. The molecule has 23 heavy (non-hydrogen) atoms.